The SMILES string of the molecule is CC(=O)Nc1ccc(CC(=O)NCc2ccccc2Cn2ccnc2)cc1. The molecule has 0 spiro atoms. The third-order valence-corrected chi connectivity index (χ3v) is 4.15. The molecule has 0 aliphatic carbocycles. The number of hydrogen-bond acceptors (Lipinski definition) is 3. The highest BCUT2D eigenvalue weighted by Crippen LogP contribution is 2.12. The van der Waals surface area contributed by atoms with Gasteiger partial charge in [0.15, 0.2) is 0 Å². The van der Waals surface area contributed by atoms with Crippen LogP contribution in [0.15, 0.2) is 67.3 Å². The Balaban J connectivity index is 1.55. The van der Waals surface area contributed by atoms with Crippen molar-refractivity contribution >= 4 is 17.5 Å². The number of nitrogens with zero attached hydrogens (tertiary/aromatic N) is 2. The minimum atomic E-state index is -0.116. The van der Waals surface area contributed by atoms with Gasteiger partial charge >= 0.3 is 0 Å². The van der Waals surface area contributed by atoms with Crippen LogP contribution in [0.25, 0.3) is 0 Å². The van der Waals surface area contributed by atoms with Gasteiger partial charge in [-0.1, -0.05) is 36.4 Å². The van der Waals surface area contributed by atoms with Crippen LogP contribution in [0.1, 0.15) is 23.6 Å². The molecule has 0 aliphatic heterocycles. The maximum atomic E-state index is 12.3. The van der Waals surface area contributed by atoms with Crippen molar-refractivity contribution in [2.24, 2.45) is 0 Å². The summed E-state index contributed by atoms with van der Waals surface area (Å²) in [5.74, 6) is -0.158. The van der Waals surface area contributed by atoms with E-state index in [4.69, 9.17) is 0 Å². The lowest BCUT2D eigenvalue weighted by Gasteiger charge is -2.11. The Morgan fingerprint density at radius 1 is 1.04 bits per heavy atom. The number of carbonyl (C=O) groups is 2. The van der Waals surface area contributed by atoms with E-state index in [0.717, 1.165) is 28.9 Å². The zero-order valence-corrected chi connectivity index (χ0v) is 15.2. The molecule has 0 aliphatic rings. The van der Waals surface area contributed by atoms with Crippen molar-refractivity contribution in [3.8, 4) is 0 Å². The van der Waals surface area contributed by atoms with Gasteiger partial charge in [-0.05, 0) is 28.8 Å². The third-order valence-electron chi connectivity index (χ3n) is 4.15. The van der Waals surface area contributed by atoms with E-state index in [-0.39, 0.29) is 11.8 Å². The van der Waals surface area contributed by atoms with Crippen LogP contribution in [0.4, 0.5) is 5.69 Å². The summed E-state index contributed by atoms with van der Waals surface area (Å²) >= 11 is 0. The first kappa shape index (κ1) is 18.4. The van der Waals surface area contributed by atoms with Crippen molar-refractivity contribution in [2.45, 2.75) is 26.4 Å². The number of carbonyl (C=O) groups excluding carboxylic acids is 2. The van der Waals surface area contributed by atoms with Crippen molar-refractivity contribution in [3.63, 3.8) is 0 Å². The Morgan fingerprint density at radius 3 is 2.44 bits per heavy atom. The molecule has 6 nitrogen and oxygen atoms in total. The molecule has 0 saturated heterocycles. The molecule has 3 aromatic rings. The normalized spacial score (nSPS) is 10.4. The van der Waals surface area contributed by atoms with Crippen LogP contribution in [0.2, 0.25) is 0 Å². The molecule has 0 bridgehead atoms. The number of hydrogen-bond donors (Lipinski definition) is 2. The highest BCUT2D eigenvalue weighted by Gasteiger charge is 2.07. The molecular formula is C21H22N4O2. The topological polar surface area (TPSA) is 76.0 Å². The number of amides is 2. The van der Waals surface area contributed by atoms with Crippen LogP contribution >= 0.6 is 0 Å². The summed E-state index contributed by atoms with van der Waals surface area (Å²) in [5.41, 5.74) is 3.85. The summed E-state index contributed by atoms with van der Waals surface area (Å²) in [6.07, 6.45) is 5.74. The minimum Gasteiger partial charge on any atom is -0.352 e. The first-order valence-corrected chi connectivity index (χ1v) is 8.76. The Morgan fingerprint density at radius 2 is 1.78 bits per heavy atom. The maximum absolute atomic E-state index is 12.3. The average Bonchev–Trinajstić information content (AvgIpc) is 3.15. The number of rotatable bonds is 7. The number of anilines is 1. The fourth-order valence-electron chi connectivity index (χ4n) is 2.81. The minimum absolute atomic E-state index is 0.0419. The van der Waals surface area contributed by atoms with Crippen LogP contribution in [0, 0.1) is 0 Å². The quantitative estimate of drug-likeness (QED) is 0.679. The van der Waals surface area contributed by atoms with Crippen molar-refractivity contribution in [3.05, 3.63) is 83.9 Å². The molecular weight excluding hydrogens is 340 g/mol. The van der Waals surface area contributed by atoms with Gasteiger partial charge in [-0.15, -0.1) is 0 Å². The van der Waals surface area contributed by atoms with Gasteiger partial charge in [-0.25, -0.2) is 4.98 Å². The van der Waals surface area contributed by atoms with Gasteiger partial charge in [0.1, 0.15) is 0 Å². The van der Waals surface area contributed by atoms with Crippen molar-refractivity contribution in [1.29, 1.82) is 0 Å². The van der Waals surface area contributed by atoms with E-state index in [9.17, 15) is 9.59 Å². The predicted molar refractivity (Wildman–Crippen MR) is 104 cm³/mol. The molecule has 3 rings (SSSR count). The zero-order valence-electron chi connectivity index (χ0n) is 15.2. The lowest BCUT2D eigenvalue weighted by atomic mass is 10.1. The summed E-state index contributed by atoms with van der Waals surface area (Å²) in [4.78, 5) is 27.4. The van der Waals surface area contributed by atoms with Crippen molar-refractivity contribution in [1.82, 2.24) is 14.9 Å². The molecule has 1 heterocycles. The molecule has 27 heavy (non-hydrogen) atoms. The molecule has 0 fully saturated rings. The van der Waals surface area contributed by atoms with Crippen LogP contribution in [-0.4, -0.2) is 21.4 Å². The lowest BCUT2D eigenvalue weighted by Crippen LogP contribution is -2.25. The molecule has 0 unspecified atom stereocenters. The molecule has 0 atom stereocenters. The van der Waals surface area contributed by atoms with Crippen LogP contribution in [0.3, 0.4) is 0 Å². The van der Waals surface area contributed by atoms with E-state index in [1.165, 1.54) is 6.92 Å². The van der Waals surface area contributed by atoms with Crippen molar-refractivity contribution < 1.29 is 9.59 Å². The maximum Gasteiger partial charge on any atom is 0.224 e. The van der Waals surface area contributed by atoms with E-state index >= 15 is 0 Å². The molecule has 0 saturated carbocycles. The van der Waals surface area contributed by atoms with E-state index in [1.807, 2.05) is 41.1 Å². The molecule has 2 N–H and O–H groups in total. The zero-order chi connectivity index (χ0) is 19.1. The second-order valence-corrected chi connectivity index (χ2v) is 6.34. The van der Waals surface area contributed by atoms with Gasteiger partial charge in [0, 0.05) is 38.1 Å². The van der Waals surface area contributed by atoms with E-state index < -0.39 is 0 Å². The van der Waals surface area contributed by atoms with Gasteiger partial charge in [-0.2, -0.15) is 0 Å². The number of imidazole rings is 1. The lowest BCUT2D eigenvalue weighted by molar-refractivity contribution is -0.120. The summed E-state index contributed by atoms with van der Waals surface area (Å²) in [6.45, 7) is 2.66. The number of nitrogens with one attached hydrogen (secondary N) is 2. The average molecular weight is 362 g/mol. The largest absolute Gasteiger partial charge is 0.352 e. The highest BCUT2D eigenvalue weighted by molar-refractivity contribution is 5.88. The van der Waals surface area contributed by atoms with Gasteiger partial charge in [0.25, 0.3) is 0 Å². The van der Waals surface area contributed by atoms with Gasteiger partial charge < -0.3 is 15.2 Å². The number of benzene rings is 2. The van der Waals surface area contributed by atoms with Gasteiger partial charge in [-0.3, -0.25) is 9.59 Å². The van der Waals surface area contributed by atoms with Gasteiger partial charge in [0.2, 0.25) is 11.8 Å². The first-order valence-electron chi connectivity index (χ1n) is 8.76. The Labute approximate surface area is 158 Å². The van der Waals surface area contributed by atoms with Crippen LogP contribution in [0.5, 0.6) is 0 Å². The molecule has 2 amide bonds. The predicted octanol–water partition coefficient (Wildman–Crippen LogP) is 2.75. The summed E-state index contributed by atoms with van der Waals surface area (Å²) in [6, 6.07) is 15.3. The van der Waals surface area contributed by atoms with E-state index in [2.05, 4.69) is 21.7 Å². The first-order chi connectivity index (χ1) is 13.1. The van der Waals surface area contributed by atoms with Gasteiger partial charge in [0.05, 0.1) is 12.7 Å². The van der Waals surface area contributed by atoms with Crippen LogP contribution in [-0.2, 0) is 29.1 Å². The highest BCUT2D eigenvalue weighted by atomic mass is 16.2. The summed E-state index contributed by atoms with van der Waals surface area (Å²) in [7, 11) is 0. The summed E-state index contributed by atoms with van der Waals surface area (Å²) in [5, 5.41) is 5.69. The molecule has 138 valence electrons. The Kier molecular flexibility index (Phi) is 5.99. The molecule has 2 aromatic carbocycles. The van der Waals surface area contributed by atoms with E-state index in [1.54, 1.807) is 24.7 Å². The standard InChI is InChI=1S/C21H22N4O2/c1-16(26)24-20-8-6-17(7-9-20)12-21(27)23-13-18-4-2-3-5-19(18)14-25-11-10-22-15-25/h2-11,15H,12-14H2,1H3,(H,23,27)(H,24,26). The Bertz CT molecular complexity index is 902. The fraction of sp³-hybridized carbons (Fsp3) is 0.190. The number of aromatic nitrogens is 2. The summed E-state index contributed by atoms with van der Waals surface area (Å²) < 4.78 is 2.00. The molecule has 1 aromatic heterocycles. The molecule has 6 heteroatoms. The Hall–Kier alpha value is -3.41. The van der Waals surface area contributed by atoms with E-state index in [0.29, 0.717) is 13.0 Å². The van der Waals surface area contributed by atoms with Crippen molar-refractivity contribution in [2.75, 3.05) is 5.32 Å². The molecule has 0 radical (unpaired) electrons. The fourth-order valence-corrected chi connectivity index (χ4v) is 2.81. The monoisotopic (exact) mass is 362 g/mol. The second-order valence-electron chi connectivity index (χ2n) is 6.34. The third kappa shape index (κ3) is 5.54. The second kappa shape index (κ2) is 8.80. The van der Waals surface area contributed by atoms with Crippen LogP contribution < -0.4 is 10.6 Å². The smallest absolute Gasteiger partial charge is 0.224 e.